The van der Waals surface area contributed by atoms with Gasteiger partial charge < -0.3 is 9.80 Å². The molecule has 1 unspecified atom stereocenters. The fraction of sp³-hybridized carbons (Fsp3) is 0.385. The molecule has 1 saturated heterocycles. The van der Waals surface area contributed by atoms with Gasteiger partial charge in [-0.1, -0.05) is 47.7 Å². The number of hydrogen-bond donors (Lipinski definition) is 0. The van der Waals surface area contributed by atoms with Crippen molar-refractivity contribution < 1.29 is 4.79 Å². The van der Waals surface area contributed by atoms with Gasteiger partial charge in [0.25, 0.3) is 0 Å². The number of hydrogen-bond acceptors (Lipinski definition) is 6. The fourth-order valence-corrected chi connectivity index (χ4v) is 5.05. The Morgan fingerprint density at radius 3 is 2.47 bits per heavy atom. The van der Waals surface area contributed by atoms with Gasteiger partial charge >= 0.3 is 0 Å². The van der Waals surface area contributed by atoms with Crippen molar-refractivity contribution in [1.82, 2.24) is 14.8 Å². The lowest BCUT2D eigenvalue weighted by Crippen LogP contribution is -2.37. The maximum absolute atomic E-state index is 13.5. The highest BCUT2D eigenvalue weighted by atomic mass is 32.2. The molecule has 8 heteroatoms. The normalized spacial score (nSPS) is 14.4. The minimum Gasteiger partial charge on any atom is -0.341 e. The van der Waals surface area contributed by atoms with Gasteiger partial charge in [0.2, 0.25) is 11.9 Å². The van der Waals surface area contributed by atoms with Crippen molar-refractivity contribution in [2.45, 2.75) is 49.9 Å². The summed E-state index contributed by atoms with van der Waals surface area (Å²) in [5.74, 6) is 0.777. The predicted molar refractivity (Wildman–Crippen MR) is 137 cm³/mol. The lowest BCUT2D eigenvalue weighted by Gasteiger charge is -2.28. The predicted octanol–water partition coefficient (Wildman–Crippen LogP) is 4.99. The van der Waals surface area contributed by atoms with E-state index in [1.807, 2.05) is 68.4 Å². The second-order valence-electron chi connectivity index (χ2n) is 8.49. The first-order valence-electron chi connectivity index (χ1n) is 11.8. The summed E-state index contributed by atoms with van der Waals surface area (Å²) in [5.41, 5.74) is 2.91. The number of benzene rings is 2. The van der Waals surface area contributed by atoms with Gasteiger partial charge in [0.15, 0.2) is 5.16 Å². The number of carbonyl (C=O) groups is 1. The summed E-state index contributed by atoms with van der Waals surface area (Å²) in [5, 5.41) is 18.5. The van der Waals surface area contributed by atoms with Crippen molar-refractivity contribution in [1.29, 1.82) is 5.26 Å². The van der Waals surface area contributed by atoms with Gasteiger partial charge in [0.1, 0.15) is 0 Å². The van der Waals surface area contributed by atoms with Crippen molar-refractivity contribution in [3.8, 4) is 11.8 Å². The summed E-state index contributed by atoms with van der Waals surface area (Å²) >= 11 is 1.41. The highest BCUT2D eigenvalue weighted by Crippen LogP contribution is 2.31. The van der Waals surface area contributed by atoms with Crippen LogP contribution in [0.15, 0.2) is 59.8 Å². The van der Waals surface area contributed by atoms with Crippen molar-refractivity contribution in [2.75, 3.05) is 29.4 Å². The summed E-state index contributed by atoms with van der Waals surface area (Å²) < 4.78 is 2.06. The molecule has 1 aromatic heterocycles. The van der Waals surface area contributed by atoms with Gasteiger partial charge in [-0.15, -0.1) is 10.2 Å². The summed E-state index contributed by atoms with van der Waals surface area (Å²) in [6.07, 6.45) is 3.80. The van der Waals surface area contributed by atoms with Crippen LogP contribution < -0.4 is 9.80 Å². The summed E-state index contributed by atoms with van der Waals surface area (Å²) in [4.78, 5) is 17.5. The molecular formula is C26H30N6OS. The van der Waals surface area contributed by atoms with Crippen LogP contribution in [-0.2, 0) is 4.79 Å². The average Bonchev–Trinajstić information content (AvgIpc) is 3.29. The molecule has 4 rings (SSSR count). The maximum Gasteiger partial charge on any atom is 0.240 e. The Bertz CT molecular complexity index is 1130. The quantitative estimate of drug-likeness (QED) is 0.428. The van der Waals surface area contributed by atoms with E-state index in [9.17, 15) is 4.79 Å². The lowest BCUT2D eigenvalue weighted by molar-refractivity contribution is -0.117. The number of aryl methyl sites for hydroxylation is 1. The molecule has 0 saturated carbocycles. The van der Waals surface area contributed by atoms with Crippen LogP contribution in [0.3, 0.4) is 0 Å². The van der Waals surface area contributed by atoms with Crippen LogP contribution in [0.2, 0.25) is 0 Å². The molecular weight excluding hydrogens is 444 g/mol. The Morgan fingerprint density at radius 2 is 1.79 bits per heavy atom. The van der Waals surface area contributed by atoms with E-state index in [0.29, 0.717) is 11.7 Å². The number of anilines is 2. The second kappa shape index (κ2) is 11.2. The molecule has 1 amide bonds. The number of piperidine rings is 1. The smallest absolute Gasteiger partial charge is 0.240 e. The van der Waals surface area contributed by atoms with Crippen LogP contribution >= 0.6 is 11.8 Å². The number of nitriles is 1. The Hall–Kier alpha value is -3.31. The van der Waals surface area contributed by atoms with Gasteiger partial charge in [-0.2, -0.15) is 5.26 Å². The fourth-order valence-electron chi connectivity index (χ4n) is 4.12. The molecule has 2 aromatic carbocycles. The SMILES string of the molecule is Cc1ccc(N(CCC#N)C(=O)C(C)Sc2nnc(N3CCCCC3)n2-c2ccccc2)cc1. The zero-order chi connectivity index (χ0) is 23.9. The summed E-state index contributed by atoms with van der Waals surface area (Å²) in [6.45, 7) is 6.18. The van der Waals surface area contributed by atoms with E-state index in [2.05, 4.69) is 25.7 Å². The second-order valence-corrected chi connectivity index (χ2v) is 9.80. The van der Waals surface area contributed by atoms with E-state index in [1.54, 1.807) is 4.90 Å². The van der Waals surface area contributed by atoms with E-state index < -0.39 is 5.25 Å². The first kappa shape index (κ1) is 23.8. The van der Waals surface area contributed by atoms with Crippen LogP contribution in [-0.4, -0.2) is 45.6 Å². The molecule has 7 nitrogen and oxygen atoms in total. The largest absolute Gasteiger partial charge is 0.341 e. The van der Waals surface area contributed by atoms with E-state index in [0.717, 1.165) is 48.8 Å². The van der Waals surface area contributed by atoms with Gasteiger partial charge in [-0.25, -0.2) is 0 Å². The van der Waals surface area contributed by atoms with Crippen LogP contribution in [0.4, 0.5) is 11.6 Å². The van der Waals surface area contributed by atoms with Gasteiger partial charge in [0.05, 0.1) is 23.4 Å². The molecule has 1 fully saturated rings. The van der Waals surface area contributed by atoms with Crippen LogP contribution in [0.5, 0.6) is 0 Å². The van der Waals surface area contributed by atoms with Crippen LogP contribution in [0.1, 0.15) is 38.2 Å². The molecule has 34 heavy (non-hydrogen) atoms. The van der Waals surface area contributed by atoms with E-state index in [-0.39, 0.29) is 12.3 Å². The zero-order valence-corrected chi connectivity index (χ0v) is 20.5. The highest BCUT2D eigenvalue weighted by Gasteiger charge is 2.27. The molecule has 1 aliphatic heterocycles. The molecule has 0 spiro atoms. The summed E-state index contributed by atoms with van der Waals surface area (Å²) in [6, 6.07) is 20.1. The average molecular weight is 475 g/mol. The van der Waals surface area contributed by atoms with Crippen molar-refractivity contribution in [3.63, 3.8) is 0 Å². The maximum atomic E-state index is 13.5. The number of thioether (sulfide) groups is 1. The molecule has 3 aromatic rings. The minimum absolute atomic E-state index is 0.0498. The molecule has 1 aliphatic rings. The molecule has 0 radical (unpaired) electrons. The molecule has 176 valence electrons. The third kappa shape index (κ3) is 5.42. The number of nitrogens with zero attached hydrogens (tertiary/aromatic N) is 6. The standard InChI is InChI=1S/C26H30N6OS/c1-20-12-14-22(15-13-20)31(19-9-16-27)24(33)21(2)34-26-29-28-25(30-17-7-4-8-18-30)32(26)23-10-5-3-6-11-23/h3,5-6,10-15,21H,4,7-9,17-19H2,1-2H3. The molecule has 1 atom stereocenters. The number of rotatable bonds is 8. The Balaban J connectivity index is 1.61. The van der Waals surface area contributed by atoms with Crippen LogP contribution in [0, 0.1) is 18.3 Å². The minimum atomic E-state index is -0.402. The van der Waals surface area contributed by atoms with E-state index >= 15 is 0 Å². The van der Waals surface area contributed by atoms with Gasteiger partial charge in [-0.3, -0.25) is 9.36 Å². The monoisotopic (exact) mass is 474 g/mol. The van der Waals surface area contributed by atoms with Crippen molar-refractivity contribution in [2.24, 2.45) is 0 Å². The Kier molecular flexibility index (Phi) is 7.86. The molecule has 2 heterocycles. The van der Waals surface area contributed by atoms with Gasteiger partial charge in [0, 0.05) is 25.3 Å². The van der Waals surface area contributed by atoms with Crippen LogP contribution in [0.25, 0.3) is 5.69 Å². The number of aromatic nitrogens is 3. The number of para-hydroxylation sites is 1. The highest BCUT2D eigenvalue weighted by molar-refractivity contribution is 8.00. The van der Waals surface area contributed by atoms with E-state index in [4.69, 9.17) is 5.26 Å². The van der Waals surface area contributed by atoms with Crippen molar-refractivity contribution >= 4 is 29.3 Å². The molecule has 0 aliphatic carbocycles. The third-order valence-electron chi connectivity index (χ3n) is 5.96. The number of amides is 1. The number of carbonyl (C=O) groups excluding carboxylic acids is 1. The van der Waals surface area contributed by atoms with Gasteiger partial charge in [-0.05, 0) is 57.4 Å². The van der Waals surface area contributed by atoms with Crippen molar-refractivity contribution in [3.05, 3.63) is 60.2 Å². The van der Waals surface area contributed by atoms with E-state index in [1.165, 1.54) is 18.2 Å². The molecule has 0 N–H and O–H groups in total. The molecule has 0 bridgehead atoms. The topological polar surface area (TPSA) is 78.0 Å². The summed E-state index contributed by atoms with van der Waals surface area (Å²) in [7, 11) is 0. The Labute approximate surface area is 205 Å². The lowest BCUT2D eigenvalue weighted by atomic mass is 10.1. The third-order valence-corrected chi connectivity index (χ3v) is 6.99. The zero-order valence-electron chi connectivity index (χ0n) is 19.7. The first-order chi connectivity index (χ1) is 16.6. The Morgan fingerprint density at radius 1 is 1.09 bits per heavy atom. The first-order valence-corrected chi connectivity index (χ1v) is 12.6.